The number of thioether (sulfide) groups is 1. The summed E-state index contributed by atoms with van der Waals surface area (Å²) in [7, 11) is -1.53. The summed E-state index contributed by atoms with van der Waals surface area (Å²) in [4.78, 5) is 7.96. The first-order valence-electron chi connectivity index (χ1n) is 10.0. The van der Waals surface area contributed by atoms with Crippen molar-refractivity contribution in [3.63, 3.8) is 0 Å². The average Bonchev–Trinajstić information content (AvgIpc) is 3.35. The minimum atomic E-state index is -3.17. The van der Waals surface area contributed by atoms with E-state index in [1.807, 2.05) is 23.9 Å². The number of hydrogen-bond acceptors (Lipinski definition) is 7. The van der Waals surface area contributed by atoms with Gasteiger partial charge in [-0.25, -0.2) is 8.42 Å². The van der Waals surface area contributed by atoms with Crippen molar-refractivity contribution in [3.8, 4) is 0 Å². The molecule has 3 saturated heterocycles. The maximum Gasteiger partial charge on any atom is 0.175 e. The molecule has 0 bridgehead atoms. The summed E-state index contributed by atoms with van der Waals surface area (Å²) >= 11 is 1.99. The predicted molar refractivity (Wildman–Crippen MR) is 115 cm³/mol. The first-order chi connectivity index (χ1) is 13.5. The van der Waals surface area contributed by atoms with Gasteiger partial charge in [-0.05, 0) is 68.0 Å². The number of hydrogen-bond donors (Lipinski definition) is 1. The Bertz CT molecular complexity index is 820. The van der Waals surface area contributed by atoms with Gasteiger partial charge in [-0.3, -0.25) is 5.32 Å². The van der Waals surface area contributed by atoms with Crippen LogP contribution in [-0.2, 0) is 14.7 Å². The molecule has 3 fully saturated rings. The summed E-state index contributed by atoms with van der Waals surface area (Å²) in [6, 6.07) is 7.53. The van der Waals surface area contributed by atoms with Gasteiger partial charge in [0.2, 0.25) is 0 Å². The number of oxime groups is 1. The lowest BCUT2D eigenvalue weighted by molar-refractivity contribution is 0.207. The van der Waals surface area contributed by atoms with E-state index in [0.29, 0.717) is 16.1 Å². The lowest BCUT2D eigenvalue weighted by Crippen LogP contribution is -2.56. The first kappa shape index (κ1) is 20.0. The molecule has 4 atom stereocenters. The quantitative estimate of drug-likeness (QED) is 0.580. The van der Waals surface area contributed by atoms with Crippen LogP contribution in [0.4, 0.5) is 5.69 Å². The van der Waals surface area contributed by atoms with E-state index in [9.17, 15) is 8.42 Å². The van der Waals surface area contributed by atoms with Gasteiger partial charge < -0.3 is 9.74 Å². The highest BCUT2D eigenvalue weighted by Crippen LogP contribution is 2.37. The maximum absolute atomic E-state index is 11.7. The summed E-state index contributed by atoms with van der Waals surface area (Å²) in [6.45, 7) is 0.988. The van der Waals surface area contributed by atoms with Gasteiger partial charge in [0.05, 0.1) is 22.8 Å². The van der Waals surface area contributed by atoms with Crippen LogP contribution in [0.5, 0.6) is 0 Å². The van der Waals surface area contributed by atoms with Crippen LogP contribution >= 0.6 is 11.8 Å². The molecule has 0 aliphatic carbocycles. The maximum atomic E-state index is 11.7. The topological polar surface area (TPSA) is 71.0 Å². The lowest BCUT2D eigenvalue weighted by atomic mass is 9.88. The molecule has 1 aromatic rings. The summed E-state index contributed by atoms with van der Waals surface area (Å²) in [5.41, 5.74) is 2.23. The molecule has 0 radical (unpaired) electrons. The third-order valence-corrected chi connectivity index (χ3v) is 8.66. The van der Waals surface area contributed by atoms with E-state index in [4.69, 9.17) is 4.84 Å². The smallest absolute Gasteiger partial charge is 0.175 e. The second-order valence-corrected chi connectivity index (χ2v) is 11.3. The minimum Gasteiger partial charge on any atom is -0.399 e. The summed E-state index contributed by atoms with van der Waals surface area (Å²) in [6.07, 6.45) is 7.37. The first-order valence-corrected chi connectivity index (χ1v) is 13.0. The van der Waals surface area contributed by atoms with Crippen LogP contribution in [0.1, 0.15) is 32.1 Å². The standard InChI is InChI=1S/C20H29N3O3S2/c1-26-22-19(18-4-3-13-27-18)17-10-5-14-11-12-23(20(14)21-17)15-6-8-16(9-7-15)28(2,24)25/h6-9,14,17-18,20-21H,3-5,10-13H2,1-2H3/b22-19+. The molecular weight excluding hydrogens is 394 g/mol. The van der Waals surface area contributed by atoms with Crippen LogP contribution in [-0.4, -0.2) is 57.3 Å². The number of fused-ring (bicyclic) bond motifs is 1. The normalized spacial score (nSPS) is 31.1. The molecule has 6 nitrogen and oxygen atoms in total. The molecule has 0 spiro atoms. The summed E-state index contributed by atoms with van der Waals surface area (Å²) < 4.78 is 23.5. The second-order valence-electron chi connectivity index (χ2n) is 7.95. The molecule has 4 rings (SSSR count). The van der Waals surface area contributed by atoms with Crippen molar-refractivity contribution in [2.24, 2.45) is 11.1 Å². The van der Waals surface area contributed by atoms with Crippen LogP contribution in [0.25, 0.3) is 0 Å². The Morgan fingerprint density at radius 2 is 2.00 bits per heavy atom. The van der Waals surface area contributed by atoms with E-state index in [1.165, 1.54) is 31.3 Å². The number of anilines is 1. The molecule has 1 aromatic carbocycles. The summed E-state index contributed by atoms with van der Waals surface area (Å²) in [5, 5.41) is 8.74. The zero-order valence-electron chi connectivity index (χ0n) is 16.5. The van der Waals surface area contributed by atoms with Crippen LogP contribution in [0, 0.1) is 5.92 Å². The summed E-state index contributed by atoms with van der Waals surface area (Å²) in [5.74, 6) is 1.82. The highest BCUT2D eigenvalue weighted by molar-refractivity contribution is 8.00. The van der Waals surface area contributed by atoms with Crippen molar-refractivity contribution in [1.29, 1.82) is 0 Å². The van der Waals surface area contributed by atoms with Gasteiger partial charge in [0.25, 0.3) is 0 Å². The van der Waals surface area contributed by atoms with E-state index in [-0.39, 0.29) is 12.2 Å². The Labute approximate surface area is 172 Å². The second kappa shape index (κ2) is 8.24. The molecule has 28 heavy (non-hydrogen) atoms. The predicted octanol–water partition coefficient (Wildman–Crippen LogP) is 2.89. The fraction of sp³-hybridized carbons (Fsp3) is 0.650. The van der Waals surface area contributed by atoms with Gasteiger partial charge >= 0.3 is 0 Å². The van der Waals surface area contributed by atoms with Crippen molar-refractivity contribution in [2.45, 2.75) is 54.5 Å². The Balaban J connectivity index is 1.52. The number of nitrogens with zero attached hydrogens (tertiary/aromatic N) is 2. The van der Waals surface area contributed by atoms with Crippen LogP contribution < -0.4 is 10.2 Å². The Morgan fingerprint density at radius 1 is 1.21 bits per heavy atom. The number of piperidine rings is 1. The Hall–Kier alpha value is -1.25. The van der Waals surface area contributed by atoms with E-state index in [2.05, 4.69) is 15.4 Å². The molecule has 3 aliphatic rings. The molecule has 8 heteroatoms. The highest BCUT2D eigenvalue weighted by Gasteiger charge is 2.41. The minimum absolute atomic E-state index is 0.243. The van der Waals surface area contributed by atoms with Gasteiger partial charge in [-0.2, -0.15) is 11.8 Å². The van der Waals surface area contributed by atoms with Gasteiger partial charge in [0, 0.05) is 23.7 Å². The van der Waals surface area contributed by atoms with Crippen molar-refractivity contribution >= 4 is 33.0 Å². The van der Waals surface area contributed by atoms with E-state index >= 15 is 0 Å². The number of nitrogens with one attached hydrogen (secondary N) is 1. The molecule has 0 aromatic heterocycles. The van der Waals surface area contributed by atoms with Gasteiger partial charge in [-0.15, -0.1) is 0 Å². The van der Waals surface area contributed by atoms with Crippen LogP contribution in [0.2, 0.25) is 0 Å². The van der Waals surface area contributed by atoms with Crippen LogP contribution in [0.15, 0.2) is 34.3 Å². The van der Waals surface area contributed by atoms with Crippen molar-refractivity contribution in [2.75, 3.05) is 30.6 Å². The SMILES string of the molecule is CO/N=C(\C1CCC2CCN(c3ccc(S(C)(=O)=O)cc3)C2N1)C1CCCS1. The van der Waals surface area contributed by atoms with E-state index in [1.54, 1.807) is 19.2 Å². The molecule has 0 amide bonds. The molecule has 154 valence electrons. The zero-order chi connectivity index (χ0) is 19.7. The van der Waals surface area contributed by atoms with E-state index < -0.39 is 9.84 Å². The third-order valence-electron chi connectivity index (χ3n) is 6.13. The monoisotopic (exact) mass is 423 g/mol. The molecule has 4 unspecified atom stereocenters. The van der Waals surface area contributed by atoms with Gasteiger partial charge in [0.15, 0.2) is 9.84 Å². The highest BCUT2D eigenvalue weighted by atomic mass is 32.2. The van der Waals surface area contributed by atoms with Gasteiger partial charge in [-0.1, -0.05) is 5.16 Å². The Morgan fingerprint density at radius 3 is 2.64 bits per heavy atom. The molecule has 0 saturated carbocycles. The largest absolute Gasteiger partial charge is 0.399 e. The van der Waals surface area contributed by atoms with Crippen molar-refractivity contribution in [3.05, 3.63) is 24.3 Å². The fourth-order valence-corrected chi connectivity index (χ4v) is 6.69. The molecule has 3 heterocycles. The van der Waals surface area contributed by atoms with Gasteiger partial charge in [0.1, 0.15) is 7.11 Å². The lowest BCUT2D eigenvalue weighted by Gasteiger charge is -2.39. The zero-order valence-corrected chi connectivity index (χ0v) is 18.1. The average molecular weight is 424 g/mol. The molecule has 1 N–H and O–H groups in total. The molecular formula is C20H29N3O3S2. The van der Waals surface area contributed by atoms with Crippen LogP contribution in [0.3, 0.4) is 0 Å². The molecule has 3 aliphatic heterocycles. The number of sulfone groups is 1. The van der Waals surface area contributed by atoms with Crippen molar-refractivity contribution < 1.29 is 13.3 Å². The number of rotatable bonds is 5. The van der Waals surface area contributed by atoms with E-state index in [0.717, 1.165) is 30.8 Å². The third kappa shape index (κ3) is 4.04. The number of benzene rings is 1. The fourth-order valence-electron chi connectivity index (χ4n) is 4.73. The Kier molecular flexibility index (Phi) is 5.90. The van der Waals surface area contributed by atoms with Crippen molar-refractivity contribution in [1.82, 2.24) is 5.32 Å².